The zero-order chi connectivity index (χ0) is 11.5. The fraction of sp³-hybridized carbons (Fsp3) is 0.400. The van der Waals surface area contributed by atoms with Crippen LogP contribution in [0.4, 0.5) is 5.69 Å². The van der Waals surface area contributed by atoms with E-state index in [1.807, 2.05) is 6.92 Å². The van der Waals surface area contributed by atoms with Gasteiger partial charge in [0.15, 0.2) is 0 Å². The molecule has 0 aliphatic heterocycles. The smallest absolute Gasteiger partial charge is 0.240 e. The summed E-state index contributed by atoms with van der Waals surface area (Å²) in [6, 6.07) is 4.70. The van der Waals surface area contributed by atoms with E-state index in [9.17, 15) is 8.42 Å². The molecule has 0 aliphatic carbocycles. The Bertz CT molecular complexity index is 441. The largest absolute Gasteiger partial charge is 0.399 e. The van der Waals surface area contributed by atoms with Gasteiger partial charge >= 0.3 is 0 Å². The summed E-state index contributed by atoms with van der Waals surface area (Å²) in [7, 11) is -3.37. The van der Waals surface area contributed by atoms with Crippen molar-refractivity contribution >= 4 is 15.7 Å². The maximum absolute atomic E-state index is 11.7. The van der Waals surface area contributed by atoms with Crippen molar-refractivity contribution in [3.8, 4) is 0 Å². The molecule has 0 atom stereocenters. The number of hydrogen-bond acceptors (Lipinski definition) is 3. The predicted octanol–water partition coefficient (Wildman–Crippen LogP) is 1.27. The third-order valence-corrected chi connectivity index (χ3v) is 3.55. The van der Waals surface area contributed by atoms with Crippen molar-refractivity contribution in [3.63, 3.8) is 0 Å². The van der Waals surface area contributed by atoms with E-state index in [4.69, 9.17) is 5.73 Å². The molecule has 0 saturated heterocycles. The van der Waals surface area contributed by atoms with E-state index in [0.717, 1.165) is 12.0 Å². The summed E-state index contributed by atoms with van der Waals surface area (Å²) in [5.41, 5.74) is 6.99. The van der Waals surface area contributed by atoms with Crippen molar-refractivity contribution in [1.82, 2.24) is 4.72 Å². The second-order valence-corrected chi connectivity index (χ2v) is 5.18. The van der Waals surface area contributed by atoms with Crippen LogP contribution < -0.4 is 10.5 Å². The van der Waals surface area contributed by atoms with Crippen LogP contribution in [-0.2, 0) is 10.0 Å². The fourth-order valence-electron chi connectivity index (χ4n) is 1.14. The van der Waals surface area contributed by atoms with Crippen molar-refractivity contribution in [3.05, 3.63) is 23.8 Å². The number of anilines is 1. The van der Waals surface area contributed by atoms with E-state index in [2.05, 4.69) is 4.72 Å². The molecule has 84 valence electrons. The number of aryl methyl sites for hydroxylation is 1. The first-order chi connectivity index (χ1) is 6.97. The van der Waals surface area contributed by atoms with Crippen LogP contribution in [0, 0.1) is 6.92 Å². The van der Waals surface area contributed by atoms with Crippen LogP contribution in [0.5, 0.6) is 0 Å². The molecule has 1 aromatic carbocycles. The molecule has 0 heterocycles. The van der Waals surface area contributed by atoms with Gasteiger partial charge in [-0.15, -0.1) is 0 Å². The Labute approximate surface area is 90.5 Å². The molecule has 0 amide bonds. The molecule has 4 nitrogen and oxygen atoms in total. The Morgan fingerprint density at radius 2 is 2.07 bits per heavy atom. The van der Waals surface area contributed by atoms with Gasteiger partial charge in [0, 0.05) is 12.2 Å². The van der Waals surface area contributed by atoms with Crippen molar-refractivity contribution in [2.75, 3.05) is 12.3 Å². The van der Waals surface area contributed by atoms with Gasteiger partial charge in [-0.3, -0.25) is 0 Å². The summed E-state index contributed by atoms with van der Waals surface area (Å²) in [4.78, 5) is 0.266. The van der Waals surface area contributed by atoms with Crippen molar-refractivity contribution in [1.29, 1.82) is 0 Å². The second-order valence-electron chi connectivity index (χ2n) is 3.42. The van der Waals surface area contributed by atoms with Crippen LogP contribution in [0.3, 0.4) is 0 Å². The van der Waals surface area contributed by atoms with Crippen LogP contribution in [0.25, 0.3) is 0 Å². The highest BCUT2D eigenvalue weighted by Crippen LogP contribution is 2.16. The molecule has 15 heavy (non-hydrogen) atoms. The van der Waals surface area contributed by atoms with Crippen LogP contribution >= 0.6 is 0 Å². The molecule has 0 unspecified atom stereocenters. The third-order valence-electron chi connectivity index (χ3n) is 2.09. The molecule has 0 saturated carbocycles. The van der Waals surface area contributed by atoms with E-state index >= 15 is 0 Å². The van der Waals surface area contributed by atoms with Gasteiger partial charge in [0.05, 0.1) is 4.90 Å². The lowest BCUT2D eigenvalue weighted by Gasteiger charge is -2.07. The van der Waals surface area contributed by atoms with E-state index in [0.29, 0.717) is 12.2 Å². The SMILES string of the molecule is CCCNS(=O)(=O)c1ccc(N)c(C)c1. The Morgan fingerprint density at radius 1 is 1.40 bits per heavy atom. The standard InChI is InChI=1S/C10H16N2O2S/c1-3-6-12-15(13,14)9-4-5-10(11)8(2)7-9/h4-5,7,12H,3,6,11H2,1-2H3. The first-order valence-electron chi connectivity index (χ1n) is 4.83. The van der Waals surface area contributed by atoms with Crippen LogP contribution in [0.15, 0.2) is 23.1 Å². The van der Waals surface area contributed by atoms with Crippen molar-refractivity contribution in [2.45, 2.75) is 25.2 Å². The number of nitrogens with one attached hydrogen (secondary N) is 1. The quantitative estimate of drug-likeness (QED) is 0.762. The van der Waals surface area contributed by atoms with Gasteiger partial charge in [0.2, 0.25) is 10.0 Å². The van der Waals surface area contributed by atoms with Gasteiger partial charge in [-0.25, -0.2) is 13.1 Å². The normalized spacial score (nSPS) is 11.6. The lowest BCUT2D eigenvalue weighted by molar-refractivity contribution is 0.581. The van der Waals surface area contributed by atoms with Gasteiger partial charge in [-0.1, -0.05) is 6.92 Å². The molecule has 0 spiro atoms. The Balaban J connectivity index is 3.00. The van der Waals surface area contributed by atoms with E-state index < -0.39 is 10.0 Å². The highest BCUT2D eigenvalue weighted by molar-refractivity contribution is 7.89. The molecule has 3 N–H and O–H groups in total. The molecule has 1 aromatic rings. The summed E-state index contributed by atoms with van der Waals surface area (Å²) in [5, 5.41) is 0. The van der Waals surface area contributed by atoms with Gasteiger partial charge in [0.1, 0.15) is 0 Å². The second kappa shape index (κ2) is 4.63. The lowest BCUT2D eigenvalue weighted by Crippen LogP contribution is -2.24. The van der Waals surface area contributed by atoms with Gasteiger partial charge in [-0.05, 0) is 37.1 Å². The summed E-state index contributed by atoms with van der Waals surface area (Å²) in [6.07, 6.45) is 0.771. The van der Waals surface area contributed by atoms with Crippen LogP contribution in [-0.4, -0.2) is 15.0 Å². The maximum Gasteiger partial charge on any atom is 0.240 e. The summed E-state index contributed by atoms with van der Waals surface area (Å²) in [6.45, 7) is 4.15. The minimum atomic E-state index is -3.37. The van der Waals surface area contributed by atoms with Crippen LogP contribution in [0.1, 0.15) is 18.9 Å². The summed E-state index contributed by atoms with van der Waals surface area (Å²) >= 11 is 0. The minimum absolute atomic E-state index is 0.266. The number of nitrogens with two attached hydrogens (primary N) is 1. The highest BCUT2D eigenvalue weighted by Gasteiger charge is 2.13. The maximum atomic E-state index is 11.7. The number of rotatable bonds is 4. The van der Waals surface area contributed by atoms with Gasteiger partial charge in [-0.2, -0.15) is 0 Å². The summed E-state index contributed by atoms with van der Waals surface area (Å²) in [5.74, 6) is 0. The zero-order valence-corrected chi connectivity index (χ0v) is 9.76. The minimum Gasteiger partial charge on any atom is -0.399 e. The molecule has 0 radical (unpaired) electrons. The zero-order valence-electron chi connectivity index (χ0n) is 8.95. The monoisotopic (exact) mass is 228 g/mol. The molecule has 0 aromatic heterocycles. The Hall–Kier alpha value is -1.07. The average molecular weight is 228 g/mol. The fourth-order valence-corrected chi connectivity index (χ4v) is 2.35. The van der Waals surface area contributed by atoms with E-state index in [1.54, 1.807) is 19.1 Å². The summed E-state index contributed by atoms with van der Waals surface area (Å²) < 4.78 is 25.9. The molecule has 0 fully saturated rings. The van der Waals surface area contributed by atoms with Crippen LogP contribution in [0.2, 0.25) is 0 Å². The molecular weight excluding hydrogens is 212 g/mol. The van der Waals surface area contributed by atoms with Crippen molar-refractivity contribution in [2.24, 2.45) is 0 Å². The third kappa shape index (κ3) is 2.94. The molecular formula is C10H16N2O2S. The molecule has 0 bridgehead atoms. The predicted molar refractivity (Wildman–Crippen MR) is 61.1 cm³/mol. The highest BCUT2D eigenvalue weighted by atomic mass is 32.2. The van der Waals surface area contributed by atoms with Gasteiger partial charge in [0.25, 0.3) is 0 Å². The topological polar surface area (TPSA) is 72.2 Å². The molecule has 1 rings (SSSR count). The molecule has 0 aliphatic rings. The van der Waals surface area contributed by atoms with Gasteiger partial charge < -0.3 is 5.73 Å². The van der Waals surface area contributed by atoms with E-state index in [1.165, 1.54) is 6.07 Å². The Morgan fingerprint density at radius 3 is 2.60 bits per heavy atom. The molecule has 5 heteroatoms. The first-order valence-corrected chi connectivity index (χ1v) is 6.31. The number of hydrogen-bond donors (Lipinski definition) is 2. The number of benzene rings is 1. The number of sulfonamides is 1. The lowest BCUT2D eigenvalue weighted by atomic mass is 10.2. The average Bonchev–Trinajstić information content (AvgIpc) is 2.19. The van der Waals surface area contributed by atoms with E-state index in [-0.39, 0.29) is 4.90 Å². The first kappa shape index (κ1) is 12.0. The van der Waals surface area contributed by atoms with Crippen molar-refractivity contribution < 1.29 is 8.42 Å². The number of nitrogen functional groups attached to an aromatic ring is 1. The Kier molecular flexibility index (Phi) is 3.71.